The lowest BCUT2D eigenvalue weighted by Crippen LogP contribution is -2.17. The van der Waals surface area contributed by atoms with Gasteiger partial charge in [0.25, 0.3) is 0 Å². The van der Waals surface area contributed by atoms with E-state index in [1.165, 1.54) is 11.8 Å². The minimum absolute atomic E-state index is 0.0484. The van der Waals surface area contributed by atoms with Crippen molar-refractivity contribution < 1.29 is 34.0 Å². The van der Waals surface area contributed by atoms with Gasteiger partial charge in [-0.2, -0.15) is 0 Å². The van der Waals surface area contributed by atoms with Crippen LogP contribution in [-0.4, -0.2) is 79.8 Å². The molecule has 144 valence electrons. The zero-order valence-corrected chi connectivity index (χ0v) is 15.4. The maximum absolute atomic E-state index is 11.0. The second-order valence-electron chi connectivity index (χ2n) is 5.32. The molecule has 0 aliphatic carbocycles. The van der Waals surface area contributed by atoms with E-state index < -0.39 is 12.0 Å². The van der Waals surface area contributed by atoms with Gasteiger partial charge in [0.2, 0.25) is 0 Å². The number of nitrogens with zero attached hydrogens (tertiary/aromatic N) is 1. The molecule has 1 aliphatic heterocycles. The molecule has 8 nitrogen and oxygen atoms in total. The van der Waals surface area contributed by atoms with Gasteiger partial charge >= 0.3 is 5.97 Å². The van der Waals surface area contributed by atoms with E-state index >= 15 is 0 Å². The highest BCUT2D eigenvalue weighted by atomic mass is 32.2. The van der Waals surface area contributed by atoms with E-state index in [1.807, 2.05) is 0 Å². The van der Waals surface area contributed by atoms with Crippen molar-refractivity contribution in [3.05, 3.63) is 23.8 Å². The minimum atomic E-state index is -0.970. The molecule has 1 atom stereocenters. The monoisotopic (exact) mass is 385 g/mol. The predicted molar refractivity (Wildman–Crippen MR) is 97.5 cm³/mol. The highest BCUT2D eigenvalue weighted by Crippen LogP contribution is 2.35. The highest BCUT2D eigenvalue weighted by Gasteiger charge is 2.27. The van der Waals surface area contributed by atoms with Crippen LogP contribution in [0.1, 0.15) is 5.56 Å². The number of rotatable bonds is 12. The summed E-state index contributed by atoms with van der Waals surface area (Å²) in [7, 11) is 1.62. The van der Waals surface area contributed by atoms with Crippen molar-refractivity contribution in [1.29, 1.82) is 0 Å². The van der Waals surface area contributed by atoms with E-state index in [1.54, 1.807) is 25.3 Å². The Labute approximate surface area is 156 Å². The number of hydrogen-bond donors (Lipinski definition) is 2. The molecule has 1 heterocycles. The molecule has 1 aromatic carbocycles. The number of carboxylic acids is 1. The summed E-state index contributed by atoms with van der Waals surface area (Å²) >= 11 is 1.30. The Kier molecular flexibility index (Phi) is 8.69. The number of hydrogen-bond acceptors (Lipinski definition) is 8. The van der Waals surface area contributed by atoms with E-state index in [0.717, 1.165) is 0 Å². The van der Waals surface area contributed by atoms with E-state index in [9.17, 15) is 9.90 Å². The molecule has 0 saturated carbocycles. The van der Waals surface area contributed by atoms with Crippen LogP contribution in [0.5, 0.6) is 11.5 Å². The van der Waals surface area contributed by atoms with Gasteiger partial charge in [0.05, 0.1) is 38.6 Å². The van der Waals surface area contributed by atoms with E-state index in [2.05, 4.69) is 4.99 Å². The Bertz CT molecular complexity index is 623. The SMILES string of the molecule is COCCOCCOCCOc1cccc(C2=NC(C(=O)O)CS2)c1O. The third-order valence-electron chi connectivity index (χ3n) is 3.45. The molecular formula is C17H23NO7S. The lowest BCUT2D eigenvalue weighted by Gasteiger charge is -2.11. The molecule has 1 aromatic rings. The van der Waals surface area contributed by atoms with E-state index in [4.69, 9.17) is 24.1 Å². The van der Waals surface area contributed by atoms with Crippen molar-refractivity contribution in [2.45, 2.75) is 6.04 Å². The molecule has 26 heavy (non-hydrogen) atoms. The highest BCUT2D eigenvalue weighted by molar-refractivity contribution is 8.14. The topological polar surface area (TPSA) is 107 Å². The Morgan fingerprint density at radius 2 is 1.88 bits per heavy atom. The number of carboxylic acid groups (broad SMARTS) is 1. The molecule has 1 unspecified atom stereocenters. The summed E-state index contributed by atoms with van der Waals surface area (Å²) in [6, 6.07) is 4.28. The normalized spacial score (nSPS) is 16.5. The molecule has 0 bridgehead atoms. The predicted octanol–water partition coefficient (Wildman–Crippen LogP) is 1.40. The molecule has 2 rings (SSSR count). The van der Waals surface area contributed by atoms with Gasteiger partial charge in [-0.1, -0.05) is 6.07 Å². The van der Waals surface area contributed by atoms with Crippen LogP contribution in [0, 0.1) is 0 Å². The lowest BCUT2D eigenvalue weighted by molar-refractivity contribution is -0.137. The number of phenolic OH excluding ortho intramolecular Hbond substituents is 1. The van der Waals surface area contributed by atoms with Gasteiger partial charge in [0.1, 0.15) is 11.7 Å². The first-order valence-corrected chi connectivity index (χ1v) is 9.15. The average molecular weight is 385 g/mol. The summed E-state index contributed by atoms with van der Waals surface area (Å²) in [6.45, 7) is 2.63. The van der Waals surface area contributed by atoms with Gasteiger partial charge in [0.15, 0.2) is 17.5 Å². The third-order valence-corrected chi connectivity index (χ3v) is 4.54. The number of ether oxygens (including phenoxy) is 4. The minimum Gasteiger partial charge on any atom is -0.504 e. The van der Waals surface area contributed by atoms with Crippen LogP contribution >= 0.6 is 11.8 Å². The van der Waals surface area contributed by atoms with Crippen LogP contribution in [-0.2, 0) is 19.0 Å². The molecular weight excluding hydrogens is 362 g/mol. The van der Waals surface area contributed by atoms with Crippen molar-refractivity contribution >= 4 is 22.8 Å². The Morgan fingerprint density at radius 1 is 1.19 bits per heavy atom. The molecule has 0 radical (unpaired) electrons. The van der Waals surface area contributed by atoms with Crippen LogP contribution < -0.4 is 4.74 Å². The number of thioether (sulfide) groups is 1. The fourth-order valence-electron chi connectivity index (χ4n) is 2.13. The standard InChI is InChI=1S/C17H23NO7S/c1-22-5-6-23-7-8-24-9-10-25-14-4-2-3-12(15(14)19)16-18-13(11-26-16)17(20)21/h2-4,13,19H,5-11H2,1H3,(H,20,21). The molecule has 1 aliphatic rings. The Balaban J connectivity index is 1.77. The molecule has 0 aromatic heterocycles. The summed E-state index contributed by atoms with van der Waals surface area (Å²) in [5.74, 6) is -0.352. The molecule has 0 saturated heterocycles. The van der Waals surface area contributed by atoms with Gasteiger partial charge in [-0.3, -0.25) is 4.99 Å². The molecule has 9 heteroatoms. The number of phenols is 1. The van der Waals surface area contributed by atoms with Crippen molar-refractivity contribution in [1.82, 2.24) is 0 Å². The molecule has 0 spiro atoms. The van der Waals surface area contributed by atoms with Gasteiger partial charge in [-0.05, 0) is 12.1 Å². The summed E-state index contributed by atoms with van der Waals surface area (Å²) in [5, 5.41) is 19.9. The fourth-order valence-corrected chi connectivity index (χ4v) is 3.19. The van der Waals surface area contributed by atoms with Gasteiger partial charge < -0.3 is 29.2 Å². The summed E-state index contributed by atoms with van der Waals surface area (Å²) in [6.07, 6.45) is 0. The molecule has 2 N–H and O–H groups in total. The Hall–Kier alpha value is -1.81. The van der Waals surface area contributed by atoms with Gasteiger partial charge in [0, 0.05) is 12.9 Å². The van der Waals surface area contributed by atoms with Gasteiger partial charge in [-0.15, -0.1) is 11.8 Å². The largest absolute Gasteiger partial charge is 0.504 e. The summed E-state index contributed by atoms with van der Waals surface area (Å²) in [5.41, 5.74) is 0.476. The summed E-state index contributed by atoms with van der Waals surface area (Å²) in [4.78, 5) is 15.1. The van der Waals surface area contributed by atoms with Crippen molar-refractivity contribution in [2.24, 2.45) is 4.99 Å². The second kappa shape index (κ2) is 11.0. The number of aromatic hydroxyl groups is 1. The first-order chi connectivity index (χ1) is 12.6. The van der Waals surface area contributed by atoms with Crippen LogP contribution in [0.4, 0.5) is 0 Å². The van der Waals surface area contributed by atoms with Crippen molar-refractivity contribution in [2.75, 3.05) is 52.5 Å². The maximum Gasteiger partial charge on any atom is 0.329 e. The Morgan fingerprint density at radius 3 is 2.54 bits per heavy atom. The number of carbonyl (C=O) groups is 1. The third kappa shape index (κ3) is 6.17. The number of aliphatic carboxylic acids is 1. The number of aliphatic imine (C=N–C) groups is 1. The molecule has 0 fully saturated rings. The van der Waals surface area contributed by atoms with Crippen molar-refractivity contribution in [3.63, 3.8) is 0 Å². The first-order valence-electron chi connectivity index (χ1n) is 8.16. The van der Waals surface area contributed by atoms with Crippen LogP contribution in [0.25, 0.3) is 0 Å². The van der Waals surface area contributed by atoms with Crippen LogP contribution in [0.2, 0.25) is 0 Å². The first kappa shape index (κ1) is 20.5. The van der Waals surface area contributed by atoms with Gasteiger partial charge in [-0.25, -0.2) is 4.79 Å². The quantitative estimate of drug-likeness (QED) is 0.520. The maximum atomic E-state index is 11.0. The molecule has 0 amide bonds. The fraction of sp³-hybridized carbons (Fsp3) is 0.529. The average Bonchev–Trinajstić information content (AvgIpc) is 3.12. The second-order valence-corrected chi connectivity index (χ2v) is 6.33. The summed E-state index contributed by atoms with van der Waals surface area (Å²) < 4.78 is 21.1. The van der Waals surface area contributed by atoms with Crippen LogP contribution in [0.15, 0.2) is 23.2 Å². The van der Waals surface area contributed by atoms with E-state index in [0.29, 0.717) is 55.1 Å². The zero-order chi connectivity index (χ0) is 18.8. The van der Waals surface area contributed by atoms with Crippen LogP contribution in [0.3, 0.4) is 0 Å². The van der Waals surface area contributed by atoms with Crippen molar-refractivity contribution in [3.8, 4) is 11.5 Å². The number of benzene rings is 1. The van der Waals surface area contributed by atoms with E-state index in [-0.39, 0.29) is 12.4 Å². The smallest absolute Gasteiger partial charge is 0.329 e. The number of para-hydroxylation sites is 1. The number of methoxy groups -OCH3 is 1. The lowest BCUT2D eigenvalue weighted by atomic mass is 10.2. The zero-order valence-electron chi connectivity index (χ0n) is 14.6.